The Morgan fingerprint density at radius 1 is 0.228 bits per heavy atom. The van der Waals surface area contributed by atoms with Gasteiger partial charge >= 0.3 is 0 Å². The number of rotatable bonds is 12. The van der Waals surface area contributed by atoms with Crippen LogP contribution in [0.2, 0.25) is 0 Å². The van der Waals surface area contributed by atoms with Gasteiger partial charge in [-0.15, -0.1) is 0 Å². The quantitative estimate of drug-likeness (QED) is 0.107. The number of hydrogen-bond donors (Lipinski definition) is 0. The van der Waals surface area contributed by atoms with Crippen LogP contribution in [0.3, 0.4) is 0 Å². The SMILES string of the molecule is CCc1nc2c3c(-c4ccc(-c5ccc6ncccc6c5)cc4)nc4ccccc4c3ccc2n1-c1ccccc1.CCc1nc2c3c(-c4ccc(-c5ccc6ncccc6n5)cc4)nc4ccccc4c3ccc2n1-c1ccccc1.CCc1nc2c3c(-c4ccc(-c5ncc6ccccc6n5)cc4)nc4ccccc4c3ccc2n1-c1ccccc1. The Kier molecular flexibility index (Phi) is 18.4. The number of benzene rings is 14. The van der Waals surface area contributed by atoms with E-state index < -0.39 is 0 Å². The maximum Gasteiger partial charge on any atom is 0.159 e. The lowest BCUT2D eigenvalue weighted by Gasteiger charge is -2.12. The fourth-order valence-corrected chi connectivity index (χ4v) is 17.7. The van der Waals surface area contributed by atoms with Crippen LogP contribution < -0.4 is 0 Å². The maximum absolute atomic E-state index is 5.25. The molecule has 10 aromatic heterocycles. The van der Waals surface area contributed by atoms with Crippen molar-refractivity contribution in [3.05, 3.63) is 388 Å². The lowest BCUT2D eigenvalue weighted by atomic mass is 9.96. The molecule has 0 bridgehead atoms. The summed E-state index contributed by atoms with van der Waals surface area (Å²) in [6.07, 6.45) is 7.99. The van der Waals surface area contributed by atoms with Gasteiger partial charge < -0.3 is 0 Å². The van der Waals surface area contributed by atoms with Crippen molar-refractivity contribution in [1.29, 1.82) is 0 Å². The molecule has 0 N–H and O–H groups in total. The Balaban J connectivity index is 0.000000110. The first-order chi connectivity index (χ1) is 60.8. The number of aromatic nitrogens is 14. The molecule has 0 spiro atoms. The number of para-hydroxylation sites is 7. The molecule has 0 aliphatic heterocycles. The molecule has 582 valence electrons. The number of aryl methyl sites for hydroxylation is 3. The van der Waals surface area contributed by atoms with Crippen molar-refractivity contribution < 1.29 is 0 Å². The van der Waals surface area contributed by atoms with Crippen molar-refractivity contribution in [1.82, 2.24) is 68.5 Å². The summed E-state index contributed by atoms with van der Waals surface area (Å²) in [6, 6.07) is 122. The van der Waals surface area contributed by atoms with E-state index in [1.54, 1.807) is 6.20 Å². The summed E-state index contributed by atoms with van der Waals surface area (Å²) in [5.41, 5.74) is 27.5. The Morgan fingerprint density at radius 3 is 1.06 bits per heavy atom. The van der Waals surface area contributed by atoms with Crippen molar-refractivity contribution in [2.75, 3.05) is 0 Å². The highest BCUT2D eigenvalue weighted by atomic mass is 15.1. The maximum atomic E-state index is 5.25. The van der Waals surface area contributed by atoms with Crippen LogP contribution in [0.15, 0.2) is 370 Å². The number of pyridine rings is 6. The van der Waals surface area contributed by atoms with Crippen LogP contribution in [-0.4, -0.2) is 68.5 Å². The first kappa shape index (κ1) is 73.2. The summed E-state index contributed by atoms with van der Waals surface area (Å²) < 4.78 is 6.83. The molecule has 10 heterocycles. The summed E-state index contributed by atoms with van der Waals surface area (Å²) in [4.78, 5) is 54.5. The second-order valence-electron chi connectivity index (χ2n) is 30.8. The van der Waals surface area contributed by atoms with Crippen LogP contribution in [0.5, 0.6) is 0 Å². The molecule has 0 fully saturated rings. The van der Waals surface area contributed by atoms with E-state index in [9.17, 15) is 0 Å². The van der Waals surface area contributed by atoms with Crippen LogP contribution in [0.1, 0.15) is 38.2 Å². The van der Waals surface area contributed by atoms with E-state index >= 15 is 0 Å². The van der Waals surface area contributed by atoms with E-state index in [4.69, 9.17) is 39.9 Å². The van der Waals surface area contributed by atoms with Gasteiger partial charge in [0.1, 0.15) is 17.5 Å². The molecular weight excluding hydrogens is 1510 g/mol. The van der Waals surface area contributed by atoms with Gasteiger partial charge in [0.15, 0.2) is 5.82 Å². The first-order valence-electron chi connectivity index (χ1n) is 41.8. The molecule has 24 aromatic rings. The zero-order chi connectivity index (χ0) is 82.0. The Labute approximate surface area is 707 Å². The van der Waals surface area contributed by atoms with E-state index in [1.165, 1.54) is 10.9 Å². The van der Waals surface area contributed by atoms with Crippen LogP contribution in [0.25, 0.3) is 216 Å². The number of hydrogen-bond acceptors (Lipinski definition) is 11. The lowest BCUT2D eigenvalue weighted by molar-refractivity contribution is 0.908. The summed E-state index contributed by atoms with van der Waals surface area (Å²) in [7, 11) is 0. The van der Waals surface area contributed by atoms with Gasteiger partial charge in [0.25, 0.3) is 0 Å². The number of fused-ring (bicyclic) bond motifs is 18. The Bertz CT molecular complexity index is 7460. The predicted molar refractivity (Wildman–Crippen MR) is 504 cm³/mol. The standard InChI is InChI=1S/C37H26N4.2C36H25N5/c1-2-34-40-37-33(41(34)28-10-4-3-5-11-28)21-19-30-29-12-6-7-13-32(29)39-36(35(30)37)25-16-14-24(15-17-25)26-18-20-31-27(23-26)9-8-22-38-31;1-2-32-40-35-31(41(32)26-11-4-3-5-12-26)21-20-28-27-13-7-9-15-30(27)38-34(33(28)35)23-16-18-24(19-17-23)36-37-22-25-10-6-8-14-29(25)39-36;1-2-33-40-36-32(41(33)25-9-4-3-5-10-25)21-18-27-26-11-6-7-12-29(26)39-35(34(27)36)24-16-14-23(15-17-24)28-19-20-30-31(38-28)13-8-22-37-30/h3-23H,2H2,1H3;2*3-22H,2H2,1H3. The molecule has 24 rings (SSSR count). The largest absolute Gasteiger partial charge is 0.296 e. The fraction of sp³-hybridized carbons (Fsp3) is 0.0550. The topological polar surface area (TPSA) is 157 Å². The third kappa shape index (κ3) is 13.0. The smallest absolute Gasteiger partial charge is 0.159 e. The zero-order valence-electron chi connectivity index (χ0n) is 67.6. The normalized spacial score (nSPS) is 11.6. The van der Waals surface area contributed by atoms with Crippen LogP contribution in [0, 0.1) is 0 Å². The average Bonchev–Trinajstić information content (AvgIpc) is 1.63. The minimum absolute atomic E-state index is 0.711. The van der Waals surface area contributed by atoms with E-state index in [1.807, 2.05) is 91.3 Å². The molecular formula is C109H76N14. The number of nitrogens with zero attached hydrogens (tertiary/aromatic N) is 14. The van der Waals surface area contributed by atoms with Crippen molar-refractivity contribution in [2.45, 2.75) is 40.0 Å². The van der Waals surface area contributed by atoms with Gasteiger partial charge in [0.05, 0.1) is 94.5 Å². The van der Waals surface area contributed by atoms with Crippen LogP contribution in [0.4, 0.5) is 0 Å². The molecule has 0 aliphatic rings. The third-order valence-corrected chi connectivity index (χ3v) is 23.6. The molecule has 14 nitrogen and oxygen atoms in total. The molecule has 123 heavy (non-hydrogen) atoms. The first-order valence-corrected chi connectivity index (χ1v) is 41.8. The molecule has 0 saturated heterocycles. The molecule has 14 aromatic carbocycles. The average molecular weight is 1580 g/mol. The second kappa shape index (κ2) is 30.9. The summed E-state index contributed by atoms with van der Waals surface area (Å²) in [5.74, 6) is 3.81. The van der Waals surface area contributed by atoms with Gasteiger partial charge in [0.2, 0.25) is 0 Å². The van der Waals surface area contributed by atoms with Crippen molar-refractivity contribution >= 4 is 131 Å². The summed E-state index contributed by atoms with van der Waals surface area (Å²) in [5, 5.41) is 12.3. The van der Waals surface area contributed by atoms with Crippen molar-refractivity contribution in [3.63, 3.8) is 0 Å². The van der Waals surface area contributed by atoms with E-state index in [2.05, 4.69) is 322 Å². The van der Waals surface area contributed by atoms with E-state index in [-0.39, 0.29) is 0 Å². The Hall–Kier alpha value is -16.2. The molecule has 0 unspecified atom stereocenters. The van der Waals surface area contributed by atoms with Crippen LogP contribution in [-0.2, 0) is 19.3 Å². The molecule has 0 radical (unpaired) electrons. The van der Waals surface area contributed by atoms with Gasteiger partial charge in [-0.3, -0.25) is 23.7 Å². The van der Waals surface area contributed by atoms with Gasteiger partial charge in [-0.2, -0.15) is 0 Å². The summed E-state index contributed by atoms with van der Waals surface area (Å²) >= 11 is 0. The minimum Gasteiger partial charge on any atom is -0.296 e. The zero-order valence-corrected chi connectivity index (χ0v) is 67.6. The highest BCUT2D eigenvalue weighted by Crippen LogP contribution is 2.44. The van der Waals surface area contributed by atoms with Gasteiger partial charge in [0, 0.05) is 126 Å². The molecule has 0 saturated carbocycles. The van der Waals surface area contributed by atoms with Gasteiger partial charge in [-0.25, -0.2) is 44.9 Å². The summed E-state index contributed by atoms with van der Waals surface area (Å²) in [6.45, 7) is 6.48. The molecule has 0 atom stereocenters. The van der Waals surface area contributed by atoms with Crippen LogP contribution >= 0.6 is 0 Å². The van der Waals surface area contributed by atoms with Crippen molar-refractivity contribution in [2.24, 2.45) is 0 Å². The van der Waals surface area contributed by atoms with Gasteiger partial charge in [-0.05, 0) is 149 Å². The highest BCUT2D eigenvalue weighted by Gasteiger charge is 2.25. The third-order valence-electron chi connectivity index (χ3n) is 23.6. The van der Waals surface area contributed by atoms with E-state index in [0.717, 1.165) is 236 Å². The highest BCUT2D eigenvalue weighted by molar-refractivity contribution is 6.23. The minimum atomic E-state index is 0.711. The predicted octanol–water partition coefficient (Wildman–Crippen LogP) is 26.3. The molecule has 0 amide bonds. The molecule has 0 aliphatic carbocycles. The number of imidazole rings is 3. The monoisotopic (exact) mass is 1580 g/mol. The van der Waals surface area contributed by atoms with E-state index in [0.29, 0.717) is 5.82 Å². The van der Waals surface area contributed by atoms with Crippen molar-refractivity contribution in [3.8, 4) is 84.6 Å². The Morgan fingerprint density at radius 2 is 0.593 bits per heavy atom. The fourth-order valence-electron chi connectivity index (χ4n) is 17.7. The lowest BCUT2D eigenvalue weighted by Crippen LogP contribution is -1.99. The molecule has 14 heteroatoms. The second-order valence-corrected chi connectivity index (χ2v) is 30.8. The van der Waals surface area contributed by atoms with Gasteiger partial charge in [-0.1, -0.05) is 251 Å².